The maximum Gasteiger partial charge on any atom is 0.250 e. The lowest BCUT2D eigenvalue weighted by Gasteiger charge is -2.24. The fraction of sp³-hybridized carbons (Fsp3) is 1.00. The second-order valence-corrected chi connectivity index (χ2v) is 11.8. The fourth-order valence-corrected chi connectivity index (χ4v) is 3.37. The molecule has 7 heteroatoms. The van der Waals surface area contributed by atoms with Gasteiger partial charge in [0.25, 0.3) is 3.53 Å². The van der Waals surface area contributed by atoms with Crippen LogP contribution in [0.4, 0.5) is 0 Å². The Balaban J connectivity index is 2.74. The van der Waals surface area contributed by atoms with Crippen molar-refractivity contribution in [3.63, 3.8) is 0 Å². The van der Waals surface area contributed by atoms with E-state index in [-0.39, 0.29) is 6.04 Å². The van der Waals surface area contributed by atoms with Crippen LogP contribution in [0, 0.1) is 0 Å². The molecule has 0 amide bonds. The summed E-state index contributed by atoms with van der Waals surface area (Å²) in [7, 11) is 0. The molecule has 0 bridgehead atoms. The third-order valence-corrected chi connectivity index (χ3v) is 9.22. The average molecular weight is 317 g/mol. The smallest absolute Gasteiger partial charge is 0.250 e. The lowest BCUT2D eigenvalue weighted by atomic mass is 9.97. The molecule has 0 aromatic heterocycles. The van der Waals surface area contributed by atoms with Crippen LogP contribution in [0.5, 0.6) is 0 Å². The van der Waals surface area contributed by atoms with Gasteiger partial charge in [-0.25, -0.2) is 0 Å². The van der Waals surface area contributed by atoms with Gasteiger partial charge in [0.2, 0.25) is 0 Å². The van der Waals surface area contributed by atoms with Crippen molar-refractivity contribution in [2.45, 2.75) is 41.7 Å². The van der Waals surface area contributed by atoms with Crippen LogP contribution in [-0.4, -0.2) is 9.58 Å². The zero-order chi connectivity index (χ0) is 10.8. The predicted octanol–water partition coefficient (Wildman–Crippen LogP) is 6.16. The third-order valence-electron chi connectivity index (χ3n) is 2.19. The number of nitrogens with zero attached hydrogens (tertiary/aromatic N) is 1. The van der Waals surface area contributed by atoms with Gasteiger partial charge in [-0.15, -0.1) is 0 Å². The minimum atomic E-state index is -2.83. The summed E-state index contributed by atoms with van der Waals surface area (Å²) in [6.45, 7) is 0. The highest BCUT2D eigenvalue weighted by molar-refractivity contribution is 8.13. The topological polar surface area (TPSA) is 12.4 Å². The van der Waals surface area contributed by atoms with Gasteiger partial charge in [0.1, 0.15) is 0 Å². The zero-order valence-electron chi connectivity index (χ0n) is 7.40. The van der Waals surface area contributed by atoms with E-state index in [1.165, 1.54) is 6.42 Å². The maximum absolute atomic E-state index is 5.96. The molecule has 1 aliphatic carbocycles. The van der Waals surface area contributed by atoms with Crippen LogP contribution in [0.15, 0.2) is 4.74 Å². The number of hydrogen-bond acceptors (Lipinski definition) is 1. The Morgan fingerprint density at radius 1 is 1.00 bits per heavy atom. The van der Waals surface area contributed by atoms with Crippen LogP contribution in [-0.2, 0) is 0 Å². The minimum absolute atomic E-state index is 0.169. The standard InChI is InChI=1S/C7H11Cl5NP/c8-7(9,10)14(11,12)13-6-4-2-1-3-5-6/h6H,1-5H2. The van der Waals surface area contributed by atoms with Crippen molar-refractivity contribution in [3.8, 4) is 0 Å². The number of alkyl halides is 3. The minimum Gasteiger partial charge on any atom is -0.267 e. The molecule has 1 rings (SSSR count). The summed E-state index contributed by atoms with van der Waals surface area (Å²) < 4.78 is 2.63. The first-order valence-corrected chi connectivity index (χ1v) is 9.09. The molecule has 0 aromatic carbocycles. The van der Waals surface area contributed by atoms with Gasteiger partial charge in [0.15, 0.2) is 5.76 Å². The largest absolute Gasteiger partial charge is 0.267 e. The van der Waals surface area contributed by atoms with Gasteiger partial charge in [0, 0.05) is 0 Å². The van der Waals surface area contributed by atoms with Crippen LogP contribution in [0.25, 0.3) is 0 Å². The van der Waals surface area contributed by atoms with Crippen molar-refractivity contribution < 1.29 is 0 Å². The molecule has 0 aromatic rings. The molecule has 0 radical (unpaired) electrons. The van der Waals surface area contributed by atoms with Gasteiger partial charge in [-0.1, -0.05) is 76.5 Å². The molecular weight excluding hydrogens is 306 g/mol. The van der Waals surface area contributed by atoms with Crippen molar-refractivity contribution in [3.05, 3.63) is 0 Å². The first-order valence-electron chi connectivity index (χ1n) is 4.40. The Labute approximate surface area is 109 Å². The Hall–Kier alpha value is 1.68. The maximum atomic E-state index is 5.96. The highest BCUT2D eigenvalue weighted by atomic mass is 35.9. The molecule has 1 nitrogen and oxygen atoms in total. The Kier molecular flexibility index (Phi) is 5.24. The molecule has 1 fully saturated rings. The normalized spacial score (nSPS) is 20.9. The van der Waals surface area contributed by atoms with E-state index < -0.39 is 9.29 Å². The molecule has 0 spiro atoms. The van der Waals surface area contributed by atoms with Crippen molar-refractivity contribution in [2.75, 3.05) is 0 Å². The number of hydrogen-bond donors (Lipinski definition) is 0. The van der Waals surface area contributed by atoms with E-state index in [9.17, 15) is 0 Å². The molecule has 0 atom stereocenters. The highest BCUT2D eigenvalue weighted by Crippen LogP contribution is 2.75. The molecule has 1 saturated carbocycles. The van der Waals surface area contributed by atoms with Crippen molar-refractivity contribution in [1.29, 1.82) is 0 Å². The summed E-state index contributed by atoms with van der Waals surface area (Å²) in [4.78, 5) is 0. The molecule has 1 aliphatic rings. The van der Waals surface area contributed by atoms with Crippen LogP contribution >= 0.6 is 63.0 Å². The summed E-state index contributed by atoms with van der Waals surface area (Å²) in [5, 5.41) is 0. The van der Waals surface area contributed by atoms with Gasteiger partial charge in [-0.2, -0.15) is 0 Å². The molecule has 0 aliphatic heterocycles. The molecule has 0 unspecified atom stereocenters. The highest BCUT2D eigenvalue weighted by Gasteiger charge is 2.39. The van der Waals surface area contributed by atoms with Crippen LogP contribution in [0.3, 0.4) is 0 Å². The Bertz CT molecular complexity index is 237. The second-order valence-electron chi connectivity index (χ2n) is 3.36. The van der Waals surface area contributed by atoms with Crippen LogP contribution in [0.1, 0.15) is 32.1 Å². The fourth-order valence-electron chi connectivity index (χ4n) is 1.47. The van der Waals surface area contributed by atoms with Gasteiger partial charge < -0.3 is 0 Å². The monoisotopic (exact) mass is 315 g/mol. The summed E-state index contributed by atoms with van der Waals surface area (Å²) in [5.74, 6) is -2.83. The first kappa shape index (κ1) is 13.7. The van der Waals surface area contributed by atoms with Crippen molar-refractivity contribution >= 4 is 63.0 Å². The Morgan fingerprint density at radius 3 is 1.93 bits per heavy atom. The molecule has 0 heterocycles. The number of rotatable bonds is 1. The average Bonchev–Trinajstić information content (AvgIpc) is 2.03. The van der Waals surface area contributed by atoms with Crippen LogP contribution in [0.2, 0.25) is 0 Å². The van der Waals surface area contributed by atoms with E-state index in [4.69, 9.17) is 57.3 Å². The van der Waals surface area contributed by atoms with E-state index in [0.717, 1.165) is 25.7 Å². The third kappa shape index (κ3) is 3.92. The van der Waals surface area contributed by atoms with Gasteiger partial charge in [0.05, 0.1) is 6.04 Å². The molecular formula is C7H11Cl5NP. The van der Waals surface area contributed by atoms with Gasteiger partial charge in [-0.3, -0.25) is 4.74 Å². The number of halogens is 5. The summed E-state index contributed by atoms with van der Waals surface area (Å²) in [6, 6.07) is 0.169. The van der Waals surface area contributed by atoms with E-state index in [1.807, 2.05) is 0 Å². The summed E-state index contributed by atoms with van der Waals surface area (Å²) in [5.41, 5.74) is 0. The van der Waals surface area contributed by atoms with Gasteiger partial charge in [-0.05, 0) is 12.8 Å². The second kappa shape index (κ2) is 5.34. The Morgan fingerprint density at radius 2 is 1.50 bits per heavy atom. The van der Waals surface area contributed by atoms with E-state index >= 15 is 0 Å². The summed E-state index contributed by atoms with van der Waals surface area (Å²) in [6.07, 6.45) is 5.56. The van der Waals surface area contributed by atoms with Gasteiger partial charge >= 0.3 is 0 Å². The van der Waals surface area contributed by atoms with Crippen molar-refractivity contribution in [1.82, 2.24) is 0 Å². The molecule has 84 valence electrons. The predicted molar refractivity (Wildman–Crippen MR) is 68.2 cm³/mol. The van der Waals surface area contributed by atoms with Crippen LogP contribution < -0.4 is 0 Å². The van der Waals surface area contributed by atoms with Crippen molar-refractivity contribution in [2.24, 2.45) is 4.74 Å². The molecule has 0 saturated heterocycles. The SMILES string of the molecule is ClC(Cl)(Cl)P(Cl)(Cl)=NC1CCCCC1. The van der Waals surface area contributed by atoms with E-state index in [1.54, 1.807) is 0 Å². The zero-order valence-corrected chi connectivity index (χ0v) is 12.1. The molecule has 0 N–H and O–H groups in total. The first-order chi connectivity index (χ1) is 6.33. The quantitative estimate of drug-likeness (QED) is 0.406. The molecule has 14 heavy (non-hydrogen) atoms. The van der Waals surface area contributed by atoms with E-state index in [0.29, 0.717) is 0 Å². The van der Waals surface area contributed by atoms with E-state index in [2.05, 4.69) is 4.74 Å². The lowest BCUT2D eigenvalue weighted by molar-refractivity contribution is 0.446. The lowest BCUT2D eigenvalue weighted by Crippen LogP contribution is -2.10. The summed E-state index contributed by atoms with van der Waals surface area (Å²) >= 11 is 28.9.